The maximum absolute atomic E-state index is 13.8. The van der Waals surface area contributed by atoms with E-state index in [2.05, 4.69) is 15.5 Å². The summed E-state index contributed by atoms with van der Waals surface area (Å²) in [6, 6.07) is 5.78. The van der Waals surface area contributed by atoms with Crippen LogP contribution in [0.3, 0.4) is 0 Å². The maximum atomic E-state index is 13.8. The summed E-state index contributed by atoms with van der Waals surface area (Å²) < 4.78 is 13.8. The van der Waals surface area contributed by atoms with Crippen LogP contribution < -0.4 is 5.32 Å². The zero-order valence-electron chi connectivity index (χ0n) is 11.3. The third kappa shape index (κ3) is 3.03. The van der Waals surface area contributed by atoms with Crippen LogP contribution in [0.2, 0.25) is 0 Å². The molecule has 0 fully saturated rings. The molecule has 1 atom stereocenters. The van der Waals surface area contributed by atoms with Crippen molar-refractivity contribution >= 4 is 5.82 Å². The van der Waals surface area contributed by atoms with Crippen LogP contribution in [0.15, 0.2) is 24.3 Å². The SMILES string of the molecule is Cc1cc(NC[C@@H](C)O)nnc1-c1c(O)cccc1F. The van der Waals surface area contributed by atoms with E-state index in [0.29, 0.717) is 23.6 Å². The Bertz CT molecular complexity index is 597. The highest BCUT2D eigenvalue weighted by atomic mass is 19.1. The minimum Gasteiger partial charge on any atom is -0.507 e. The highest BCUT2D eigenvalue weighted by Crippen LogP contribution is 2.32. The van der Waals surface area contributed by atoms with Gasteiger partial charge in [-0.1, -0.05) is 6.07 Å². The molecule has 2 aromatic rings. The van der Waals surface area contributed by atoms with Crippen LogP contribution in [0.25, 0.3) is 11.3 Å². The predicted octanol–water partition coefficient (Wildman–Crippen LogP) is 2.09. The van der Waals surface area contributed by atoms with Gasteiger partial charge < -0.3 is 15.5 Å². The van der Waals surface area contributed by atoms with E-state index in [0.717, 1.165) is 0 Å². The van der Waals surface area contributed by atoms with Crippen LogP contribution in [0.5, 0.6) is 5.75 Å². The van der Waals surface area contributed by atoms with Crippen molar-refractivity contribution in [2.75, 3.05) is 11.9 Å². The van der Waals surface area contributed by atoms with Crippen LogP contribution in [-0.2, 0) is 0 Å². The summed E-state index contributed by atoms with van der Waals surface area (Å²) in [6.45, 7) is 3.75. The second-order valence-electron chi connectivity index (χ2n) is 4.63. The van der Waals surface area contributed by atoms with Gasteiger partial charge in [0.1, 0.15) is 23.1 Å². The highest BCUT2D eigenvalue weighted by Gasteiger charge is 2.15. The van der Waals surface area contributed by atoms with Crippen molar-refractivity contribution in [3.8, 4) is 17.0 Å². The van der Waals surface area contributed by atoms with E-state index in [1.165, 1.54) is 18.2 Å². The van der Waals surface area contributed by atoms with Gasteiger partial charge in [0.15, 0.2) is 0 Å². The summed E-state index contributed by atoms with van der Waals surface area (Å²) >= 11 is 0. The maximum Gasteiger partial charge on any atom is 0.149 e. The summed E-state index contributed by atoms with van der Waals surface area (Å²) in [4.78, 5) is 0. The first-order valence-corrected chi connectivity index (χ1v) is 6.23. The number of rotatable bonds is 4. The molecule has 1 aromatic carbocycles. The first kappa shape index (κ1) is 14.2. The molecule has 1 heterocycles. The van der Waals surface area contributed by atoms with E-state index >= 15 is 0 Å². The standard InChI is InChI=1S/C14H16FN3O2/c1-8-6-12(16-7-9(2)19)17-18-14(8)13-10(15)4-3-5-11(13)20/h3-6,9,19-20H,7H2,1-2H3,(H,16,17)/t9-/m1/s1. The molecule has 0 amide bonds. The molecular weight excluding hydrogens is 261 g/mol. The van der Waals surface area contributed by atoms with Gasteiger partial charge in [0.05, 0.1) is 11.7 Å². The first-order chi connectivity index (χ1) is 9.49. The Morgan fingerprint density at radius 1 is 1.35 bits per heavy atom. The van der Waals surface area contributed by atoms with E-state index in [-0.39, 0.29) is 11.3 Å². The zero-order chi connectivity index (χ0) is 14.7. The summed E-state index contributed by atoms with van der Waals surface area (Å²) in [6.07, 6.45) is -0.507. The van der Waals surface area contributed by atoms with Crippen molar-refractivity contribution < 1.29 is 14.6 Å². The fourth-order valence-electron chi connectivity index (χ4n) is 1.82. The Balaban J connectivity index is 2.35. The average Bonchev–Trinajstić information content (AvgIpc) is 2.38. The molecule has 20 heavy (non-hydrogen) atoms. The molecule has 0 bridgehead atoms. The number of aliphatic hydroxyl groups excluding tert-OH is 1. The van der Waals surface area contributed by atoms with Crippen LogP contribution in [0.4, 0.5) is 10.2 Å². The number of benzene rings is 1. The zero-order valence-corrected chi connectivity index (χ0v) is 11.3. The lowest BCUT2D eigenvalue weighted by Crippen LogP contribution is -2.16. The Morgan fingerprint density at radius 2 is 2.10 bits per heavy atom. The molecule has 0 unspecified atom stereocenters. The number of hydrogen-bond donors (Lipinski definition) is 3. The van der Waals surface area contributed by atoms with E-state index < -0.39 is 11.9 Å². The minimum atomic E-state index is -0.549. The molecule has 5 nitrogen and oxygen atoms in total. The Kier molecular flexibility index (Phi) is 4.14. The number of aromatic hydroxyl groups is 1. The van der Waals surface area contributed by atoms with E-state index in [1.54, 1.807) is 19.9 Å². The van der Waals surface area contributed by atoms with Crippen molar-refractivity contribution in [3.05, 3.63) is 35.6 Å². The van der Waals surface area contributed by atoms with Crippen molar-refractivity contribution in [1.82, 2.24) is 10.2 Å². The number of aromatic nitrogens is 2. The van der Waals surface area contributed by atoms with Crippen molar-refractivity contribution in [3.63, 3.8) is 0 Å². The third-order valence-electron chi connectivity index (χ3n) is 2.79. The lowest BCUT2D eigenvalue weighted by Gasteiger charge is -2.11. The molecule has 0 aliphatic heterocycles. The molecule has 0 aliphatic carbocycles. The molecule has 0 aliphatic rings. The Morgan fingerprint density at radius 3 is 2.70 bits per heavy atom. The molecule has 3 N–H and O–H groups in total. The second-order valence-corrected chi connectivity index (χ2v) is 4.63. The van der Waals surface area contributed by atoms with Gasteiger partial charge in [-0.3, -0.25) is 0 Å². The molecule has 1 aromatic heterocycles. The number of nitrogens with one attached hydrogen (secondary N) is 1. The number of halogens is 1. The van der Waals surface area contributed by atoms with Crippen LogP contribution in [-0.4, -0.2) is 33.1 Å². The number of aliphatic hydroxyl groups is 1. The van der Waals surface area contributed by atoms with Gasteiger partial charge in [-0.25, -0.2) is 4.39 Å². The van der Waals surface area contributed by atoms with Gasteiger partial charge >= 0.3 is 0 Å². The Labute approximate surface area is 116 Å². The highest BCUT2D eigenvalue weighted by molar-refractivity contribution is 5.70. The quantitative estimate of drug-likeness (QED) is 0.797. The smallest absolute Gasteiger partial charge is 0.149 e. The summed E-state index contributed by atoms with van der Waals surface area (Å²) in [5.41, 5.74) is 1.01. The van der Waals surface area contributed by atoms with Crippen molar-refractivity contribution in [2.45, 2.75) is 20.0 Å². The fraction of sp³-hybridized carbons (Fsp3) is 0.286. The van der Waals surface area contributed by atoms with Gasteiger partial charge in [0, 0.05) is 6.54 Å². The summed E-state index contributed by atoms with van der Waals surface area (Å²) in [5.74, 6) is -0.234. The topological polar surface area (TPSA) is 78.3 Å². The lowest BCUT2D eigenvalue weighted by molar-refractivity contribution is 0.208. The van der Waals surface area contributed by atoms with Gasteiger partial charge in [-0.15, -0.1) is 10.2 Å². The monoisotopic (exact) mass is 277 g/mol. The number of anilines is 1. The number of hydrogen-bond acceptors (Lipinski definition) is 5. The fourth-order valence-corrected chi connectivity index (χ4v) is 1.82. The van der Waals surface area contributed by atoms with Gasteiger partial charge in [0.25, 0.3) is 0 Å². The van der Waals surface area contributed by atoms with E-state index in [9.17, 15) is 14.6 Å². The lowest BCUT2D eigenvalue weighted by atomic mass is 10.1. The second kappa shape index (κ2) is 5.83. The molecule has 0 saturated carbocycles. The van der Waals surface area contributed by atoms with Gasteiger partial charge in [0.2, 0.25) is 0 Å². The predicted molar refractivity (Wildman–Crippen MR) is 74.0 cm³/mol. The number of phenolic OH excluding ortho intramolecular Hbond substituents is 1. The largest absolute Gasteiger partial charge is 0.507 e. The van der Waals surface area contributed by atoms with E-state index in [1.807, 2.05) is 0 Å². The molecule has 0 saturated heterocycles. The van der Waals surface area contributed by atoms with Crippen molar-refractivity contribution in [1.29, 1.82) is 0 Å². The number of nitrogens with zero attached hydrogens (tertiary/aromatic N) is 2. The summed E-state index contributed by atoms with van der Waals surface area (Å²) in [5, 5.41) is 29.7. The third-order valence-corrected chi connectivity index (χ3v) is 2.79. The minimum absolute atomic E-state index is 0.0413. The van der Waals surface area contributed by atoms with Crippen LogP contribution >= 0.6 is 0 Å². The van der Waals surface area contributed by atoms with Crippen molar-refractivity contribution in [2.24, 2.45) is 0 Å². The molecule has 2 rings (SSSR count). The molecule has 0 spiro atoms. The summed E-state index contributed by atoms with van der Waals surface area (Å²) in [7, 11) is 0. The average molecular weight is 277 g/mol. The molecule has 106 valence electrons. The molecule has 6 heteroatoms. The van der Waals surface area contributed by atoms with E-state index in [4.69, 9.17) is 0 Å². The van der Waals surface area contributed by atoms with Crippen LogP contribution in [0, 0.1) is 12.7 Å². The number of phenols is 1. The van der Waals surface area contributed by atoms with Gasteiger partial charge in [-0.05, 0) is 37.6 Å². The molecular formula is C14H16FN3O2. The molecule has 0 radical (unpaired) electrons. The van der Waals surface area contributed by atoms with Gasteiger partial charge in [-0.2, -0.15) is 0 Å². The Hall–Kier alpha value is -2.21. The van der Waals surface area contributed by atoms with Crippen LogP contribution in [0.1, 0.15) is 12.5 Å². The normalized spacial score (nSPS) is 12.2. The first-order valence-electron chi connectivity index (χ1n) is 6.23. The number of aryl methyl sites for hydroxylation is 1.